The molecule has 0 aliphatic heterocycles. The van der Waals surface area contributed by atoms with Gasteiger partial charge < -0.3 is 14.8 Å². The Balaban J connectivity index is 1.69. The molecule has 0 aliphatic rings. The maximum Gasteiger partial charge on any atom is 0.244 e. The van der Waals surface area contributed by atoms with E-state index in [9.17, 15) is 14.3 Å². The number of carbonyl (C=O) groups excluding carboxylic acids is 1. The molecular formula is C16H16FNO3S. The smallest absolute Gasteiger partial charge is 0.244 e. The summed E-state index contributed by atoms with van der Waals surface area (Å²) in [4.78, 5) is 11.6. The van der Waals surface area contributed by atoms with E-state index in [1.807, 2.05) is 12.1 Å². The van der Waals surface area contributed by atoms with Gasteiger partial charge in [0.1, 0.15) is 11.6 Å². The number of amides is 1. The van der Waals surface area contributed by atoms with Crippen molar-refractivity contribution in [2.75, 3.05) is 6.54 Å². The number of furan rings is 1. The first-order valence-electron chi connectivity index (χ1n) is 6.67. The van der Waals surface area contributed by atoms with E-state index in [4.69, 9.17) is 4.42 Å². The van der Waals surface area contributed by atoms with Crippen LogP contribution in [0.1, 0.15) is 17.4 Å². The first-order valence-corrected chi connectivity index (χ1v) is 7.72. The van der Waals surface area contributed by atoms with Gasteiger partial charge in [0.25, 0.3) is 0 Å². The summed E-state index contributed by atoms with van der Waals surface area (Å²) in [5, 5.41) is 14.1. The monoisotopic (exact) mass is 321 g/mol. The summed E-state index contributed by atoms with van der Waals surface area (Å²) < 4.78 is 17.9. The van der Waals surface area contributed by atoms with Crippen LogP contribution < -0.4 is 5.32 Å². The molecule has 1 unspecified atom stereocenters. The Morgan fingerprint density at radius 3 is 2.82 bits per heavy atom. The normalized spacial score (nSPS) is 12.5. The molecule has 6 heteroatoms. The standard InChI is InChI=1S/C16H16FNO3S/c17-13-5-3-12(4-6-13)15(19)10-18-16(20)7-9-22-11-14-2-1-8-21-14/h1-9,15,19H,10-11H2,(H,18,20)/b9-7+. The van der Waals surface area contributed by atoms with E-state index in [1.165, 1.54) is 42.1 Å². The molecule has 1 aromatic heterocycles. The molecule has 0 saturated heterocycles. The van der Waals surface area contributed by atoms with Crippen molar-refractivity contribution in [1.82, 2.24) is 5.32 Å². The largest absolute Gasteiger partial charge is 0.468 e. The second kappa shape index (κ2) is 8.41. The quantitative estimate of drug-likeness (QED) is 0.770. The van der Waals surface area contributed by atoms with E-state index in [2.05, 4.69) is 5.32 Å². The Morgan fingerprint density at radius 1 is 1.36 bits per heavy atom. The molecule has 0 aliphatic carbocycles. The molecule has 1 amide bonds. The highest BCUT2D eigenvalue weighted by Crippen LogP contribution is 2.14. The fraction of sp³-hybridized carbons (Fsp3) is 0.188. The van der Waals surface area contributed by atoms with Gasteiger partial charge in [-0.2, -0.15) is 0 Å². The Morgan fingerprint density at radius 2 is 2.14 bits per heavy atom. The number of hydrogen-bond acceptors (Lipinski definition) is 4. The van der Waals surface area contributed by atoms with Crippen molar-refractivity contribution in [2.24, 2.45) is 0 Å². The zero-order chi connectivity index (χ0) is 15.8. The SMILES string of the molecule is O=C(/C=C/SCc1ccco1)NCC(O)c1ccc(F)cc1. The van der Waals surface area contributed by atoms with E-state index in [0.717, 1.165) is 5.76 Å². The van der Waals surface area contributed by atoms with Crippen LogP contribution in [0.15, 0.2) is 58.6 Å². The molecule has 1 heterocycles. The van der Waals surface area contributed by atoms with E-state index < -0.39 is 6.10 Å². The van der Waals surface area contributed by atoms with E-state index in [1.54, 1.807) is 11.7 Å². The Labute approximate surface area is 132 Å². The molecule has 22 heavy (non-hydrogen) atoms. The molecule has 0 saturated carbocycles. The Hall–Kier alpha value is -2.05. The van der Waals surface area contributed by atoms with Crippen LogP contribution in [0.4, 0.5) is 4.39 Å². The molecule has 4 nitrogen and oxygen atoms in total. The second-order valence-electron chi connectivity index (χ2n) is 4.51. The number of carbonyl (C=O) groups is 1. The van der Waals surface area contributed by atoms with Gasteiger partial charge in [0.2, 0.25) is 5.91 Å². The van der Waals surface area contributed by atoms with Crippen LogP contribution in [-0.2, 0) is 10.5 Å². The fourth-order valence-corrected chi connectivity index (χ4v) is 2.34. The minimum atomic E-state index is -0.867. The van der Waals surface area contributed by atoms with E-state index in [-0.39, 0.29) is 18.3 Å². The van der Waals surface area contributed by atoms with Crippen LogP contribution in [0.3, 0.4) is 0 Å². The van der Waals surface area contributed by atoms with Crippen molar-refractivity contribution in [1.29, 1.82) is 0 Å². The molecule has 0 radical (unpaired) electrons. The number of nitrogens with one attached hydrogen (secondary N) is 1. The maximum atomic E-state index is 12.8. The van der Waals surface area contributed by atoms with Crippen LogP contribution in [0.25, 0.3) is 0 Å². The first kappa shape index (κ1) is 16.3. The zero-order valence-electron chi connectivity index (χ0n) is 11.7. The van der Waals surface area contributed by atoms with Crippen LogP contribution in [0.2, 0.25) is 0 Å². The summed E-state index contributed by atoms with van der Waals surface area (Å²) in [6.07, 6.45) is 2.13. The molecule has 1 aromatic carbocycles. The second-order valence-corrected chi connectivity index (χ2v) is 5.40. The molecule has 2 aromatic rings. The number of aliphatic hydroxyl groups excluding tert-OH is 1. The molecule has 0 fully saturated rings. The number of hydrogen-bond donors (Lipinski definition) is 2. The number of rotatable bonds is 7. The average molecular weight is 321 g/mol. The van der Waals surface area contributed by atoms with E-state index in [0.29, 0.717) is 11.3 Å². The molecule has 1 atom stereocenters. The van der Waals surface area contributed by atoms with Gasteiger partial charge >= 0.3 is 0 Å². The highest BCUT2D eigenvalue weighted by atomic mass is 32.2. The van der Waals surface area contributed by atoms with Gasteiger partial charge in [-0.05, 0) is 35.2 Å². The summed E-state index contributed by atoms with van der Waals surface area (Å²) >= 11 is 1.43. The minimum absolute atomic E-state index is 0.0671. The van der Waals surface area contributed by atoms with Crippen molar-refractivity contribution in [3.05, 3.63) is 71.3 Å². The van der Waals surface area contributed by atoms with Crippen LogP contribution in [-0.4, -0.2) is 17.6 Å². The molecule has 0 bridgehead atoms. The van der Waals surface area contributed by atoms with Gasteiger partial charge in [0, 0.05) is 12.6 Å². The molecule has 0 spiro atoms. The third-order valence-electron chi connectivity index (χ3n) is 2.85. The first-order chi connectivity index (χ1) is 10.6. The van der Waals surface area contributed by atoms with Crippen molar-refractivity contribution >= 4 is 17.7 Å². The predicted octanol–water partition coefficient (Wildman–Crippen LogP) is 3.02. The van der Waals surface area contributed by atoms with Crippen molar-refractivity contribution in [3.8, 4) is 0 Å². The molecule has 2 N–H and O–H groups in total. The predicted molar refractivity (Wildman–Crippen MR) is 83.5 cm³/mol. The highest BCUT2D eigenvalue weighted by Gasteiger charge is 2.08. The van der Waals surface area contributed by atoms with Gasteiger partial charge in [-0.15, -0.1) is 11.8 Å². The van der Waals surface area contributed by atoms with Gasteiger partial charge in [-0.25, -0.2) is 4.39 Å². The highest BCUT2D eigenvalue weighted by molar-refractivity contribution is 8.01. The zero-order valence-corrected chi connectivity index (χ0v) is 12.6. The summed E-state index contributed by atoms with van der Waals surface area (Å²) in [5.41, 5.74) is 0.554. The third-order valence-corrected chi connectivity index (χ3v) is 3.63. The van der Waals surface area contributed by atoms with Crippen LogP contribution in [0, 0.1) is 5.82 Å². The lowest BCUT2D eigenvalue weighted by Crippen LogP contribution is -2.26. The molecule has 2 rings (SSSR count). The van der Waals surface area contributed by atoms with Crippen LogP contribution >= 0.6 is 11.8 Å². The van der Waals surface area contributed by atoms with Crippen molar-refractivity contribution in [2.45, 2.75) is 11.9 Å². The topological polar surface area (TPSA) is 62.5 Å². The maximum absolute atomic E-state index is 12.8. The number of thioether (sulfide) groups is 1. The van der Waals surface area contributed by atoms with Gasteiger partial charge in [-0.3, -0.25) is 4.79 Å². The lowest BCUT2D eigenvalue weighted by Gasteiger charge is -2.11. The fourth-order valence-electron chi connectivity index (χ4n) is 1.69. The van der Waals surface area contributed by atoms with Gasteiger partial charge in [0.15, 0.2) is 0 Å². The Bertz CT molecular complexity index is 611. The van der Waals surface area contributed by atoms with Gasteiger partial charge in [-0.1, -0.05) is 12.1 Å². The Kier molecular flexibility index (Phi) is 6.24. The summed E-state index contributed by atoms with van der Waals surface area (Å²) in [6, 6.07) is 9.18. The summed E-state index contributed by atoms with van der Waals surface area (Å²) in [7, 11) is 0. The van der Waals surface area contributed by atoms with Crippen molar-refractivity contribution < 1.29 is 18.7 Å². The van der Waals surface area contributed by atoms with Crippen molar-refractivity contribution in [3.63, 3.8) is 0 Å². The lowest BCUT2D eigenvalue weighted by molar-refractivity contribution is -0.116. The molecule has 116 valence electrons. The number of halogens is 1. The summed E-state index contributed by atoms with van der Waals surface area (Å²) in [5.74, 6) is 0.820. The number of benzene rings is 1. The third kappa shape index (κ3) is 5.38. The van der Waals surface area contributed by atoms with Gasteiger partial charge in [0.05, 0.1) is 18.1 Å². The lowest BCUT2D eigenvalue weighted by atomic mass is 10.1. The average Bonchev–Trinajstić information content (AvgIpc) is 3.03. The van der Waals surface area contributed by atoms with Crippen LogP contribution in [0.5, 0.6) is 0 Å². The minimum Gasteiger partial charge on any atom is -0.468 e. The number of aliphatic hydroxyl groups is 1. The molecular weight excluding hydrogens is 305 g/mol. The van der Waals surface area contributed by atoms with E-state index >= 15 is 0 Å². The summed E-state index contributed by atoms with van der Waals surface area (Å²) in [6.45, 7) is 0.0671.